The number of carbonyl (C=O) groups is 1. The molecule has 0 aromatic heterocycles. The Morgan fingerprint density at radius 1 is 1.43 bits per heavy atom. The first-order valence-electron chi connectivity index (χ1n) is 5.45. The summed E-state index contributed by atoms with van der Waals surface area (Å²) in [6, 6.07) is 0. The van der Waals surface area contributed by atoms with Crippen LogP contribution in [0.4, 0.5) is 0 Å². The molecule has 14 heavy (non-hydrogen) atoms. The maximum absolute atomic E-state index is 11.5. The van der Waals surface area contributed by atoms with Crippen LogP contribution in [0.25, 0.3) is 0 Å². The summed E-state index contributed by atoms with van der Waals surface area (Å²) in [6.45, 7) is 3.97. The second-order valence-electron chi connectivity index (χ2n) is 3.86. The molecule has 2 nitrogen and oxygen atoms in total. The van der Waals surface area contributed by atoms with Crippen LogP contribution in [0, 0.1) is 17.8 Å². The average molecular weight is 193 g/mol. The van der Waals surface area contributed by atoms with Gasteiger partial charge in [0.15, 0.2) is 0 Å². The van der Waals surface area contributed by atoms with Crippen molar-refractivity contribution in [3.63, 3.8) is 0 Å². The van der Waals surface area contributed by atoms with Crippen molar-refractivity contribution < 1.29 is 4.79 Å². The van der Waals surface area contributed by atoms with Crippen molar-refractivity contribution in [3.8, 4) is 11.8 Å². The van der Waals surface area contributed by atoms with Crippen molar-refractivity contribution in [2.45, 2.75) is 39.0 Å². The largest absolute Gasteiger partial charge is 0.317 e. The fraction of sp³-hybridized carbons (Fsp3) is 0.750. The van der Waals surface area contributed by atoms with Gasteiger partial charge < -0.3 is 5.32 Å². The third kappa shape index (κ3) is 4.43. The van der Waals surface area contributed by atoms with E-state index in [2.05, 4.69) is 17.2 Å². The van der Waals surface area contributed by atoms with Crippen molar-refractivity contribution in [2.24, 2.45) is 5.92 Å². The van der Waals surface area contributed by atoms with Crippen LogP contribution in [0.1, 0.15) is 39.0 Å². The van der Waals surface area contributed by atoms with E-state index in [-0.39, 0.29) is 0 Å². The quantitative estimate of drug-likeness (QED) is 0.689. The summed E-state index contributed by atoms with van der Waals surface area (Å²) in [7, 11) is 0. The monoisotopic (exact) mass is 193 g/mol. The molecule has 1 aliphatic heterocycles. The highest BCUT2D eigenvalue weighted by Crippen LogP contribution is 2.17. The number of Topliss-reactive ketones (excluding diaryl/α,β-unsaturated/α-hetero) is 1. The first kappa shape index (κ1) is 11.3. The van der Waals surface area contributed by atoms with E-state index in [1.54, 1.807) is 0 Å². The molecule has 1 heterocycles. The number of carbonyl (C=O) groups excluding carboxylic acids is 1. The van der Waals surface area contributed by atoms with Crippen molar-refractivity contribution >= 4 is 5.78 Å². The molecule has 0 unspecified atom stereocenters. The van der Waals surface area contributed by atoms with E-state index in [1.807, 2.05) is 6.92 Å². The first-order valence-corrected chi connectivity index (χ1v) is 5.45. The fourth-order valence-corrected chi connectivity index (χ4v) is 1.84. The van der Waals surface area contributed by atoms with Crippen molar-refractivity contribution in [3.05, 3.63) is 0 Å². The molecule has 0 bridgehead atoms. The summed E-state index contributed by atoms with van der Waals surface area (Å²) >= 11 is 0. The number of rotatable bonds is 4. The van der Waals surface area contributed by atoms with E-state index < -0.39 is 0 Å². The van der Waals surface area contributed by atoms with E-state index in [4.69, 9.17) is 0 Å². The smallest absolute Gasteiger partial charge is 0.134 e. The van der Waals surface area contributed by atoms with E-state index in [0.717, 1.165) is 38.8 Å². The fourth-order valence-electron chi connectivity index (χ4n) is 1.84. The highest BCUT2D eigenvalue weighted by atomic mass is 16.1. The first-order chi connectivity index (χ1) is 6.83. The molecule has 1 saturated heterocycles. The zero-order valence-electron chi connectivity index (χ0n) is 8.94. The predicted molar refractivity (Wildman–Crippen MR) is 57.9 cm³/mol. The number of piperidine rings is 1. The van der Waals surface area contributed by atoms with Gasteiger partial charge in [0.25, 0.3) is 0 Å². The van der Waals surface area contributed by atoms with Crippen molar-refractivity contribution in [1.82, 2.24) is 5.32 Å². The van der Waals surface area contributed by atoms with Gasteiger partial charge in [-0.1, -0.05) is 0 Å². The number of hydrogen-bond donors (Lipinski definition) is 1. The average Bonchev–Trinajstić information content (AvgIpc) is 2.20. The van der Waals surface area contributed by atoms with Gasteiger partial charge in [-0.25, -0.2) is 0 Å². The van der Waals surface area contributed by atoms with Crippen LogP contribution >= 0.6 is 0 Å². The summed E-state index contributed by atoms with van der Waals surface area (Å²) in [5.74, 6) is 6.76. The number of nitrogens with one attached hydrogen (secondary N) is 1. The molecule has 1 rings (SSSR count). The molecule has 1 aliphatic rings. The lowest BCUT2D eigenvalue weighted by atomic mass is 9.91. The van der Waals surface area contributed by atoms with Crippen molar-refractivity contribution in [2.75, 3.05) is 13.1 Å². The molecule has 0 atom stereocenters. The number of ketones is 1. The molecule has 0 amide bonds. The standard InChI is InChI=1S/C12H19NO/c1-2-3-4-5-12(14)10-11-6-8-13-9-7-11/h11,13H,4-10H2,1H3. The molecule has 78 valence electrons. The van der Waals surface area contributed by atoms with E-state index in [9.17, 15) is 4.79 Å². The Morgan fingerprint density at radius 2 is 2.14 bits per heavy atom. The highest BCUT2D eigenvalue weighted by Gasteiger charge is 2.15. The Kier molecular flexibility index (Phi) is 5.32. The molecule has 1 N–H and O–H groups in total. The van der Waals surface area contributed by atoms with Crippen molar-refractivity contribution in [1.29, 1.82) is 0 Å². The Hall–Kier alpha value is -0.810. The Morgan fingerprint density at radius 3 is 2.79 bits per heavy atom. The molecular weight excluding hydrogens is 174 g/mol. The van der Waals surface area contributed by atoms with Gasteiger partial charge in [0, 0.05) is 19.3 Å². The third-order valence-corrected chi connectivity index (χ3v) is 2.68. The second-order valence-corrected chi connectivity index (χ2v) is 3.86. The lowest BCUT2D eigenvalue weighted by Gasteiger charge is -2.21. The van der Waals surface area contributed by atoms with Gasteiger partial charge >= 0.3 is 0 Å². The summed E-state index contributed by atoms with van der Waals surface area (Å²) < 4.78 is 0. The van der Waals surface area contributed by atoms with Crippen LogP contribution in [0.15, 0.2) is 0 Å². The highest BCUT2D eigenvalue weighted by molar-refractivity contribution is 5.78. The lowest BCUT2D eigenvalue weighted by Crippen LogP contribution is -2.28. The van der Waals surface area contributed by atoms with Gasteiger partial charge in [-0.15, -0.1) is 11.8 Å². The molecule has 2 heteroatoms. The zero-order chi connectivity index (χ0) is 10.2. The molecular formula is C12H19NO. The molecule has 0 radical (unpaired) electrons. The van der Waals surface area contributed by atoms with E-state index >= 15 is 0 Å². The zero-order valence-corrected chi connectivity index (χ0v) is 8.94. The predicted octanol–water partition coefficient (Wildman–Crippen LogP) is 1.75. The van der Waals surface area contributed by atoms with Gasteiger partial charge in [0.1, 0.15) is 5.78 Å². The molecule has 0 aromatic rings. The van der Waals surface area contributed by atoms with Gasteiger partial charge in [-0.3, -0.25) is 4.79 Å². The SMILES string of the molecule is CC#CCCC(=O)CC1CCNCC1. The lowest BCUT2D eigenvalue weighted by molar-refractivity contribution is -0.120. The van der Waals surface area contributed by atoms with Crippen LogP contribution in [0.2, 0.25) is 0 Å². The Balaban J connectivity index is 2.14. The van der Waals surface area contributed by atoms with E-state index in [1.165, 1.54) is 0 Å². The Labute approximate surface area is 86.5 Å². The molecule has 0 saturated carbocycles. The third-order valence-electron chi connectivity index (χ3n) is 2.68. The summed E-state index contributed by atoms with van der Waals surface area (Å²) in [5.41, 5.74) is 0. The molecule has 0 aromatic carbocycles. The minimum absolute atomic E-state index is 0.389. The van der Waals surface area contributed by atoms with Crippen LogP contribution < -0.4 is 5.32 Å². The van der Waals surface area contributed by atoms with Crippen LogP contribution in [0.5, 0.6) is 0 Å². The topological polar surface area (TPSA) is 29.1 Å². The Bertz CT molecular complexity index is 230. The second kappa shape index (κ2) is 6.62. The maximum atomic E-state index is 11.5. The van der Waals surface area contributed by atoms with Gasteiger partial charge in [-0.05, 0) is 38.8 Å². The summed E-state index contributed by atoms with van der Waals surface area (Å²) in [6.07, 6.45) is 4.47. The maximum Gasteiger partial charge on any atom is 0.134 e. The van der Waals surface area contributed by atoms with Gasteiger partial charge in [-0.2, -0.15) is 0 Å². The molecule has 1 fully saturated rings. The van der Waals surface area contributed by atoms with Gasteiger partial charge in [0.2, 0.25) is 0 Å². The minimum atomic E-state index is 0.389. The molecule has 0 spiro atoms. The van der Waals surface area contributed by atoms with Crippen LogP contribution in [-0.4, -0.2) is 18.9 Å². The normalized spacial score (nSPS) is 17.2. The van der Waals surface area contributed by atoms with Crippen LogP contribution in [0.3, 0.4) is 0 Å². The number of hydrogen-bond acceptors (Lipinski definition) is 2. The summed E-state index contributed by atoms with van der Waals surface area (Å²) in [4.78, 5) is 11.5. The minimum Gasteiger partial charge on any atom is -0.317 e. The van der Waals surface area contributed by atoms with Crippen LogP contribution in [-0.2, 0) is 4.79 Å². The van der Waals surface area contributed by atoms with E-state index in [0.29, 0.717) is 18.1 Å². The summed E-state index contributed by atoms with van der Waals surface area (Å²) in [5, 5.41) is 3.31. The molecule has 0 aliphatic carbocycles. The van der Waals surface area contributed by atoms with Gasteiger partial charge in [0.05, 0.1) is 0 Å².